The van der Waals surface area contributed by atoms with Gasteiger partial charge in [-0.25, -0.2) is 9.78 Å². The maximum atomic E-state index is 11.7. The largest absolute Gasteiger partial charge is 0.444 e. The van der Waals surface area contributed by atoms with Gasteiger partial charge in [-0.2, -0.15) is 0 Å². The highest BCUT2D eigenvalue weighted by Gasteiger charge is 2.21. The van der Waals surface area contributed by atoms with E-state index in [0.717, 1.165) is 0 Å². The molecule has 1 atom stereocenters. The zero-order chi connectivity index (χ0) is 14.6. The van der Waals surface area contributed by atoms with Crippen LogP contribution in [0.25, 0.3) is 0 Å². The van der Waals surface area contributed by atoms with Crippen LogP contribution in [0.15, 0.2) is 5.51 Å². The van der Waals surface area contributed by atoms with Gasteiger partial charge in [0, 0.05) is 13.6 Å². The van der Waals surface area contributed by atoms with Crippen molar-refractivity contribution in [2.24, 2.45) is 0 Å². The normalized spacial score (nSPS) is 13.2. The molecule has 0 fully saturated rings. The molecule has 7 heteroatoms. The molecule has 1 aromatic rings. The second kappa shape index (κ2) is 6.54. The van der Waals surface area contributed by atoms with Crippen molar-refractivity contribution in [2.75, 3.05) is 13.6 Å². The van der Waals surface area contributed by atoms with Crippen LogP contribution in [-0.2, 0) is 4.74 Å². The van der Waals surface area contributed by atoms with Gasteiger partial charge in [0.05, 0.1) is 16.5 Å². The molecule has 0 saturated heterocycles. The Hall–Kier alpha value is -0.850. The van der Waals surface area contributed by atoms with E-state index in [1.54, 1.807) is 12.6 Å². The van der Waals surface area contributed by atoms with Gasteiger partial charge in [-0.15, -0.1) is 11.3 Å². The Balaban J connectivity index is 2.44. The zero-order valence-corrected chi connectivity index (χ0v) is 13.1. The number of aliphatic hydroxyl groups is 1. The number of nitrogens with zero attached hydrogens (tertiary/aromatic N) is 2. The minimum absolute atomic E-state index is 0.317. The fourth-order valence-electron chi connectivity index (χ4n) is 1.34. The van der Waals surface area contributed by atoms with E-state index >= 15 is 0 Å². The first-order chi connectivity index (χ1) is 8.70. The number of thiazole rings is 1. The van der Waals surface area contributed by atoms with Crippen molar-refractivity contribution < 1.29 is 14.6 Å². The molecule has 0 aliphatic heterocycles. The third kappa shape index (κ3) is 5.34. The number of hydrogen-bond donors (Lipinski definition) is 1. The molecule has 0 aromatic carbocycles. The van der Waals surface area contributed by atoms with Crippen LogP contribution in [0, 0.1) is 0 Å². The van der Waals surface area contributed by atoms with E-state index in [2.05, 4.69) is 4.98 Å². The van der Waals surface area contributed by atoms with Crippen molar-refractivity contribution in [1.82, 2.24) is 9.88 Å². The maximum Gasteiger partial charge on any atom is 0.410 e. The van der Waals surface area contributed by atoms with Crippen molar-refractivity contribution in [3.05, 3.63) is 15.5 Å². The average Bonchev–Trinajstić information content (AvgIpc) is 2.69. The van der Waals surface area contributed by atoms with Gasteiger partial charge < -0.3 is 14.7 Å². The first kappa shape index (κ1) is 16.2. The molecule has 0 spiro atoms. The fourth-order valence-corrected chi connectivity index (χ4v) is 2.40. The van der Waals surface area contributed by atoms with Crippen molar-refractivity contribution in [1.29, 1.82) is 0 Å². The second-order valence-electron chi connectivity index (χ2n) is 5.21. The monoisotopic (exact) mass is 306 g/mol. The second-order valence-corrected chi connectivity index (χ2v) is 6.46. The van der Waals surface area contributed by atoms with Gasteiger partial charge in [0.25, 0.3) is 0 Å². The van der Waals surface area contributed by atoms with Crippen LogP contribution >= 0.6 is 22.9 Å². The first-order valence-corrected chi connectivity index (χ1v) is 7.17. The number of ether oxygens (including phenoxy) is 1. The zero-order valence-electron chi connectivity index (χ0n) is 11.5. The summed E-state index contributed by atoms with van der Waals surface area (Å²) in [5.41, 5.74) is 1.06. The number of aromatic nitrogens is 1. The fraction of sp³-hybridized carbons (Fsp3) is 0.667. The third-order valence-electron chi connectivity index (χ3n) is 2.29. The summed E-state index contributed by atoms with van der Waals surface area (Å²) < 4.78 is 5.22. The Morgan fingerprint density at radius 2 is 2.26 bits per heavy atom. The third-order valence-corrected chi connectivity index (χ3v) is 3.64. The van der Waals surface area contributed by atoms with Crippen LogP contribution in [0.5, 0.6) is 0 Å². The molecule has 0 aliphatic carbocycles. The average molecular weight is 307 g/mol. The maximum absolute atomic E-state index is 11.7. The van der Waals surface area contributed by atoms with Gasteiger partial charge in [0.15, 0.2) is 0 Å². The molecule has 0 aliphatic rings. The topological polar surface area (TPSA) is 62.7 Å². The minimum Gasteiger partial charge on any atom is -0.444 e. The summed E-state index contributed by atoms with van der Waals surface area (Å²) in [5.74, 6) is 0. The van der Waals surface area contributed by atoms with Crippen molar-refractivity contribution in [3.63, 3.8) is 0 Å². The van der Waals surface area contributed by atoms with E-state index in [4.69, 9.17) is 16.3 Å². The molecule has 5 nitrogen and oxygen atoms in total. The number of carbonyl (C=O) groups is 1. The molecule has 1 unspecified atom stereocenters. The van der Waals surface area contributed by atoms with Crippen molar-refractivity contribution in [3.8, 4) is 0 Å². The minimum atomic E-state index is -0.718. The highest BCUT2D eigenvalue weighted by molar-refractivity contribution is 7.10. The van der Waals surface area contributed by atoms with E-state index in [0.29, 0.717) is 23.0 Å². The summed E-state index contributed by atoms with van der Waals surface area (Å²) >= 11 is 7.13. The van der Waals surface area contributed by atoms with E-state index in [-0.39, 0.29) is 0 Å². The van der Waals surface area contributed by atoms with Gasteiger partial charge in [-0.1, -0.05) is 11.6 Å². The Morgan fingerprint density at radius 1 is 1.63 bits per heavy atom. The standard InChI is InChI=1S/C12H19ClN2O3S/c1-12(2,3)18-11(17)15(4)6-5-8(16)9-10(13)14-7-19-9/h7-8,16H,5-6H2,1-4H3. The molecule has 19 heavy (non-hydrogen) atoms. The number of amides is 1. The number of halogens is 1. The molecule has 0 bridgehead atoms. The number of carbonyl (C=O) groups excluding carboxylic acids is 1. The highest BCUT2D eigenvalue weighted by Crippen LogP contribution is 2.28. The van der Waals surface area contributed by atoms with E-state index in [1.165, 1.54) is 16.2 Å². The van der Waals surface area contributed by atoms with Gasteiger partial charge in [-0.05, 0) is 27.2 Å². The molecule has 1 rings (SSSR count). The smallest absolute Gasteiger partial charge is 0.410 e. The van der Waals surface area contributed by atoms with Crippen LogP contribution in [0.3, 0.4) is 0 Å². The van der Waals surface area contributed by atoms with E-state index < -0.39 is 17.8 Å². The predicted octanol–water partition coefficient (Wildman–Crippen LogP) is 3.09. The summed E-state index contributed by atoms with van der Waals surface area (Å²) in [6.07, 6.45) is -0.738. The number of hydrogen-bond acceptors (Lipinski definition) is 5. The quantitative estimate of drug-likeness (QED) is 0.928. The molecular formula is C12H19ClN2O3S. The van der Waals surface area contributed by atoms with Crippen LogP contribution in [-0.4, -0.2) is 40.3 Å². The Bertz CT molecular complexity index is 431. The SMILES string of the molecule is CN(CCC(O)c1scnc1Cl)C(=O)OC(C)(C)C. The Morgan fingerprint density at radius 3 is 2.74 bits per heavy atom. The van der Waals surface area contributed by atoms with Crippen LogP contribution < -0.4 is 0 Å². The molecule has 1 heterocycles. The predicted molar refractivity (Wildman–Crippen MR) is 75.6 cm³/mol. The molecular weight excluding hydrogens is 288 g/mol. The summed E-state index contributed by atoms with van der Waals surface area (Å²) in [4.78, 5) is 17.6. The lowest BCUT2D eigenvalue weighted by Crippen LogP contribution is -2.35. The van der Waals surface area contributed by atoms with Gasteiger partial charge in [-0.3, -0.25) is 0 Å². The van der Waals surface area contributed by atoms with Gasteiger partial charge in [0.2, 0.25) is 0 Å². The first-order valence-electron chi connectivity index (χ1n) is 5.92. The molecule has 1 N–H and O–H groups in total. The molecule has 108 valence electrons. The van der Waals surface area contributed by atoms with Crippen LogP contribution in [0.4, 0.5) is 4.79 Å². The molecule has 0 radical (unpaired) electrons. The Kier molecular flexibility index (Phi) is 5.58. The lowest BCUT2D eigenvalue weighted by Gasteiger charge is -2.25. The van der Waals surface area contributed by atoms with E-state index in [1.807, 2.05) is 20.8 Å². The Labute approximate surface area is 122 Å². The number of aliphatic hydroxyl groups excluding tert-OH is 1. The molecule has 1 amide bonds. The van der Waals surface area contributed by atoms with Gasteiger partial charge in [0.1, 0.15) is 10.8 Å². The molecule has 0 saturated carbocycles. The van der Waals surface area contributed by atoms with Crippen molar-refractivity contribution in [2.45, 2.75) is 38.9 Å². The summed E-state index contributed by atoms with van der Waals surface area (Å²) in [7, 11) is 1.63. The molecule has 1 aromatic heterocycles. The van der Waals surface area contributed by atoms with Crippen LogP contribution in [0.1, 0.15) is 38.2 Å². The lowest BCUT2D eigenvalue weighted by atomic mass is 10.2. The van der Waals surface area contributed by atoms with Crippen molar-refractivity contribution >= 4 is 29.0 Å². The van der Waals surface area contributed by atoms with Crippen LogP contribution in [0.2, 0.25) is 5.15 Å². The number of rotatable bonds is 4. The summed E-state index contributed by atoms with van der Waals surface area (Å²) in [6.45, 7) is 5.81. The lowest BCUT2D eigenvalue weighted by molar-refractivity contribution is 0.0274. The van der Waals surface area contributed by atoms with Gasteiger partial charge >= 0.3 is 6.09 Å². The summed E-state index contributed by atoms with van der Waals surface area (Å²) in [5, 5.41) is 10.3. The highest BCUT2D eigenvalue weighted by atomic mass is 35.5. The summed E-state index contributed by atoms with van der Waals surface area (Å²) in [6, 6.07) is 0. The van der Waals surface area contributed by atoms with E-state index in [9.17, 15) is 9.90 Å².